The lowest BCUT2D eigenvalue weighted by molar-refractivity contribution is -0.120. The van der Waals surface area contributed by atoms with Gasteiger partial charge in [0.25, 0.3) is 0 Å². The van der Waals surface area contributed by atoms with E-state index in [2.05, 4.69) is 16.0 Å². The van der Waals surface area contributed by atoms with Gasteiger partial charge >= 0.3 is 6.03 Å². The van der Waals surface area contributed by atoms with Gasteiger partial charge in [-0.3, -0.25) is 10.1 Å². The number of rotatable bonds is 5. The first kappa shape index (κ1) is 16.5. The molecule has 2 aromatic rings. The zero-order valence-corrected chi connectivity index (χ0v) is 12.7. The molecule has 1 unspecified atom stereocenters. The molecular weight excluding hydrogens is 297 g/mol. The van der Waals surface area contributed by atoms with Crippen LogP contribution in [0.15, 0.2) is 54.6 Å². The third-order valence-corrected chi connectivity index (χ3v) is 3.15. The number of hydrogen-bond donors (Lipinski definition) is 3. The second kappa shape index (κ2) is 7.93. The Hall–Kier alpha value is -2.89. The zero-order valence-electron chi connectivity index (χ0n) is 12.7. The van der Waals surface area contributed by atoms with Crippen molar-refractivity contribution in [2.45, 2.75) is 19.5 Å². The molecular formula is C17H18FN3O2. The molecule has 0 radical (unpaired) electrons. The Bertz CT molecular complexity index is 659. The van der Waals surface area contributed by atoms with Crippen LogP contribution in [-0.4, -0.2) is 18.0 Å². The number of hydrogen-bond acceptors (Lipinski definition) is 3. The molecule has 0 spiro atoms. The maximum Gasteiger partial charge on any atom is 0.321 e. The zero-order chi connectivity index (χ0) is 16.7. The largest absolute Gasteiger partial charge is 0.374 e. The van der Waals surface area contributed by atoms with Gasteiger partial charge in [0.2, 0.25) is 5.91 Å². The molecule has 120 valence electrons. The summed E-state index contributed by atoms with van der Waals surface area (Å²) in [6, 6.07) is 13.8. The van der Waals surface area contributed by atoms with Gasteiger partial charge < -0.3 is 10.6 Å². The van der Waals surface area contributed by atoms with Crippen molar-refractivity contribution >= 4 is 17.6 Å². The van der Waals surface area contributed by atoms with Crippen molar-refractivity contribution in [3.8, 4) is 0 Å². The lowest BCUT2D eigenvalue weighted by Crippen LogP contribution is -2.45. The molecule has 3 N–H and O–H groups in total. The van der Waals surface area contributed by atoms with E-state index in [1.165, 1.54) is 24.3 Å². The summed E-state index contributed by atoms with van der Waals surface area (Å²) in [5, 5.41) is 7.75. The topological polar surface area (TPSA) is 70.2 Å². The molecule has 0 aliphatic rings. The minimum atomic E-state index is -0.636. The Morgan fingerprint density at radius 2 is 1.70 bits per heavy atom. The average Bonchev–Trinajstić information content (AvgIpc) is 2.56. The molecule has 0 aliphatic carbocycles. The summed E-state index contributed by atoms with van der Waals surface area (Å²) in [4.78, 5) is 23.6. The van der Waals surface area contributed by atoms with Gasteiger partial charge in [-0.2, -0.15) is 0 Å². The predicted molar refractivity (Wildman–Crippen MR) is 86.3 cm³/mol. The number of anilines is 1. The van der Waals surface area contributed by atoms with E-state index in [0.29, 0.717) is 12.2 Å². The van der Waals surface area contributed by atoms with Gasteiger partial charge in [0.05, 0.1) is 0 Å². The average molecular weight is 315 g/mol. The third-order valence-electron chi connectivity index (χ3n) is 3.15. The lowest BCUT2D eigenvalue weighted by atomic mass is 10.2. The first-order valence-electron chi connectivity index (χ1n) is 7.19. The quantitative estimate of drug-likeness (QED) is 0.794. The SMILES string of the molecule is CC(Nc1ccc(F)cc1)C(=O)NC(=O)NCc1ccccc1. The summed E-state index contributed by atoms with van der Waals surface area (Å²) in [6.45, 7) is 1.95. The van der Waals surface area contributed by atoms with Gasteiger partial charge in [0.1, 0.15) is 11.9 Å². The minimum Gasteiger partial charge on any atom is -0.374 e. The van der Waals surface area contributed by atoms with Crippen molar-refractivity contribution in [2.24, 2.45) is 0 Å². The highest BCUT2D eigenvalue weighted by Crippen LogP contribution is 2.09. The van der Waals surface area contributed by atoms with Crippen molar-refractivity contribution in [1.29, 1.82) is 0 Å². The third kappa shape index (κ3) is 5.43. The van der Waals surface area contributed by atoms with Crippen LogP contribution in [0.5, 0.6) is 0 Å². The maximum absolute atomic E-state index is 12.8. The number of benzene rings is 2. The molecule has 2 rings (SSSR count). The van der Waals surface area contributed by atoms with E-state index in [-0.39, 0.29) is 5.82 Å². The van der Waals surface area contributed by atoms with Crippen LogP contribution < -0.4 is 16.0 Å². The molecule has 2 aromatic carbocycles. The Labute approximate surface area is 133 Å². The van der Waals surface area contributed by atoms with Crippen LogP contribution in [0.25, 0.3) is 0 Å². The predicted octanol–water partition coefficient (Wildman–Crippen LogP) is 2.65. The number of urea groups is 1. The number of carbonyl (C=O) groups excluding carboxylic acids is 2. The number of halogens is 1. The Morgan fingerprint density at radius 3 is 2.35 bits per heavy atom. The Kier molecular flexibility index (Phi) is 5.68. The van der Waals surface area contributed by atoms with E-state index in [1.807, 2.05) is 30.3 Å². The van der Waals surface area contributed by atoms with E-state index in [4.69, 9.17) is 0 Å². The van der Waals surface area contributed by atoms with E-state index >= 15 is 0 Å². The number of nitrogens with one attached hydrogen (secondary N) is 3. The van der Waals surface area contributed by atoms with Crippen molar-refractivity contribution in [3.05, 3.63) is 66.0 Å². The second-order valence-corrected chi connectivity index (χ2v) is 5.03. The van der Waals surface area contributed by atoms with Gasteiger partial charge in [-0.1, -0.05) is 30.3 Å². The molecule has 23 heavy (non-hydrogen) atoms. The van der Waals surface area contributed by atoms with Crippen LogP contribution in [0.4, 0.5) is 14.9 Å². The number of imide groups is 1. The summed E-state index contributed by atoms with van der Waals surface area (Å²) in [7, 11) is 0. The molecule has 0 saturated carbocycles. The maximum atomic E-state index is 12.8. The van der Waals surface area contributed by atoms with Crippen molar-refractivity contribution in [3.63, 3.8) is 0 Å². The standard InChI is InChI=1S/C17H18FN3O2/c1-12(20-15-9-7-14(18)8-10-15)16(22)21-17(23)19-11-13-5-3-2-4-6-13/h2-10,12,20H,11H2,1H3,(H2,19,21,22,23). The fourth-order valence-electron chi connectivity index (χ4n) is 1.90. The molecule has 0 aliphatic heterocycles. The van der Waals surface area contributed by atoms with Gasteiger partial charge in [0, 0.05) is 12.2 Å². The molecule has 0 fully saturated rings. The van der Waals surface area contributed by atoms with Crippen LogP contribution in [0, 0.1) is 5.82 Å². The van der Waals surface area contributed by atoms with Gasteiger partial charge in [-0.05, 0) is 36.8 Å². The molecule has 3 amide bonds. The first-order chi connectivity index (χ1) is 11.0. The molecule has 0 saturated heterocycles. The smallest absolute Gasteiger partial charge is 0.321 e. The molecule has 0 aromatic heterocycles. The van der Waals surface area contributed by atoms with Gasteiger partial charge in [-0.15, -0.1) is 0 Å². The van der Waals surface area contributed by atoms with Crippen molar-refractivity contribution < 1.29 is 14.0 Å². The van der Waals surface area contributed by atoms with Crippen LogP contribution in [0.1, 0.15) is 12.5 Å². The summed E-state index contributed by atoms with van der Waals surface area (Å²) in [6.07, 6.45) is 0. The van der Waals surface area contributed by atoms with Crippen molar-refractivity contribution in [1.82, 2.24) is 10.6 Å². The molecule has 0 bridgehead atoms. The molecule has 1 atom stereocenters. The Morgan fingerprint density at radius 1 is 1.04 bits per heavy atom. The highest BCUT2D eigenvalue weighted by Gasteiger charge is 2.15. The second-order valence-electron chi connectivity index (χ2n) is 5.03. The highest BCUT2D eigenvalue weighted by molar-refractivity contribution is 5.97. The molecule has 0 heterocycles. The normalized spacial score (nSPS) is 11.4. The van der Waals surface area contributed by atoms with Crippen molar-refractivity contribution in [2.75, 3.05) is 5.32 Å². The van der Waals surface area contributed by atoms with E-state index in [1.54, 1.807) is 6.92 Å². The fourth-order valence-corrected chi connectivity index (χ4v) is 1.90. The van der Waals surface area contributed by atoms with E-state index in [9.17, 15) is 14.0 Å². The number of carbonyl (C=O) groups is 2. The van der Waals surface area contributed by atoms with Gasteiger partial charge in [0.15, 0.2) is 0 Å². The summed E-state index contributed by atoms with van der Waals surface area (Å²) >= 11 is 0. The summed E-state index contributed by atoms with van der Waals surface area (Å²) in [5.74, 6) is -0.826. The fraction of sp³-hybridized carbons (Fsp3) is 0.176. The van der Waals surface area contributed by atoms with Crippen LogP contribution >= 0.6 is 0 Å². The lowest BCUT2D eigenvalue weighted by Gasteiger charge is -2.15. The summed E-state index contributed by atoms with van der Waals surface area (Å²) in [5.41, 5.74) is 1.53. The number of amides is 3. The Balaban J connectivity index is 1.78. The van der Waals surface area contributed by atoms with Gasteiger partial charge in [-0.25, -0.2) is 9.18 Å². The minimum absolute atomic E-state index is 0.333. The van der Waals surface area contributed by atoms with E-state index < -0.39 is 18.0 Å². The van der Waals surface area contributed by atoms with Crippen LogP contribution in [-0.2, 0) is 11.3 Å². The first-order valence-corrected chi connectivity index (χ1v) is 7.19. The molecule has 5 nitrogen and oxygen atoms in total. The highest BCUT2D eigenvalue weighted by atomic mass is 19.1. The van der Waals surface area contributed by atoms with E-state index in [0.717, 1.165) is 5.56 Å². The van der Waals surface area contributed by atoms with Crippen LogP contribution in [0.3, 0.4) is 0 Å². The summed E-state index contributed by atoms with van der Waals surface area (Å²) < 4.78 is 12.8. The molecule has 6 heteroatoms. The van der Waals surface area contributed by atoms with Crippen LogP contribution in [0.2, 0.25) is 0 Å². The monoisotopic (exact) mass is 315 g/mol.